The summed E-state index contributed by atoms with van der Waals surface area (Å²) < 4.78 is 52.9. The van der Waals surface area contributed by atoms with Crippen molar-refractivity contribution in [1.29, 1.82) is 0 Å². The maximum atomic E-state index is 14.0. The van der Waals surface area contributed by atoms with Crippen molar-refractivity contribution < 1.29 is 27.1 Å². The average Bonchev–Trinajstić information content (AvgIpc) is 2.80. The molecule has 0 radical (unpaired) electrons. The highest BCUT2D eigenvalue weighted by molar-refractivity contribution is 7.89. The van der Waals surface area contributed by atoms with Crippen molar-refractivity contribution in [2.45, 2.75) is 17.4 Å². The van der Waals surface area contributed by atoms with Crippen LogP contribution in [0.25, 0.3) is 0 Å². The normalized spacial score (nSPS) is 12.1. The topological polar surface area (TPSA) is 93.7 Å². The van der Waals surface area contributed by atoms with Crippen molar-refractivity contribution in [3.05, 3.63) is 84.2 Å². The van der Waals surface area contributed by atoms with Gasteiger partial charge in [-0.2, -0.15) is 4.72 Å². The number of ether oxygens (including phenoxy) is 2. The first-order valence-corrected chi connectivity index (χ1v) is 11.2. The monoisotopic (exact) mass is 458 g/mol. The van der Waals surface area contributed by atoms with E-state index in [2.05, 4.69) is 10.0 Å². The van der Waals surface area contributed by atoms with E-state index in [9.17, 15) is 17.6 Å². The smallest absolute Gasteiger partial charge is 0.242 e. The lowest BCUT2D eigenvalue weighted by Crippen LogP contribution is -2.45. The molecule has 0 aromatic heterocycles. The fourth-order valence-electron chi connectivity index (χ4n) is 3.06. The summed E-state index contributed by atoms with van der Waals surface area (Å²) in [5, 5.41) is 2.46. The molecule has 0 fully saturated rings. The Hall–Kier alpha value is -3.43. The molecule has 3 rings (SSSR count). The Morgan fingerprint density at radius 1 is 0.938 bits per heavy atom. The maximum Gasteiger partial charge on any atom is 0.242 e. The summed E-state index contributed by atoms with van der Waals surface area (Å²) >= 11 is 0. The number of hydrogen-bond acceptors (Lipinski definition) is 5. The molecule has 3 aromatic rings. The minimum absolute atomic E-state index is 0.0409. The van der Waals surface area contributed by atoms with E-state index in [1.165, 1.54) is 50.6 Å². The van der Waals surface area contributed by atoms with Gasteiger partial charge in [0.15, 0.2) is 11.5 Å². The summed E-state index contributed by atoms with van der Waals surface area (Å²) in [6.07, 6.45) is 0.0631. The standard InChI is InChI=1S/C23H23FN2O5S/c1-30-21-13-12-17(15-22(21)31-2)32(28,29)26-20(14-16-8-4-3-5-9-16)23(27)25-19-11-7-6-10-18(19)24/h3-13,15,20,26H,14H2,1-2H3,(H,25,27)/t20-/m0/s1. The number of carbonyl (C=O) groups is 1. The van der Waals surface area contributed by atoms with E-state index in [0.717, 1.165) is 5.56 Å². The van der Waals surface area contributed by atoms with E-state index >= 15 is 0 Å². The molecule has 2 N–H and O–H groups in total. The molecular weight excluding hydrogens is 435 g/mol. The molecule has 0 saturated heterocycles. The van der Waals surface area contributed by atoms with Gasteiger partial charge in [0.2, 0.25) is 15.9 Å². The van der Waals surface area contributed by atoms with Crippen molar-refractivity contribution in [1.82, 2.24) is 4.72 Å². The minimum Gasteiger partial charge on any atom is -0.493 e. The second kappa shape index (κ2) is 10.3. The van der Waals surface area contributed by atoms with Crippen LogP contribution in [0.1, 0.15) is 5.56 Å². The molecule has 168 valence electrons. The quantitative estimate of drug-likeness (QED) is 0.513. The Morgan fingerprint density at radius 3 is 2.25 bits per heavy atom. The molecule has 1 atom stereocenters. The second-order valence-corrected chi connectivity index (χ2v) is 8.56. The van der Waals surface area contributed by atoms with Crippen molar-refractivity contribution in [2.75, 3.05) is 19.5 Å². The van der Waals surface area contributed by atoms with Gasteiger partial charge in [0.1, 0.15) is 11.9 Å². The molecule has 0 heterocycles. The fraction of sp³-hybridized carbons (Fsp3) is 0.174. The van der Waals surface area contributed by atoms with Crippen molar-refractivity contribution in [2.24, 2.45) is 0 Å². The summed E-state index contributed by atoms with van der Waals surface area (Å²) in [6, 6.07) is 17.5. The molecule has 1 amide bonds. The highest BCUT2D eigenvalue weighted by atomic mass is 32.2. The molecule has 7 nitrogen and oxygen atoms in total. The van der Waals surface area contributed by atoms with Gasteiger partial charge in [-0.05, 0) is 36.2 Å². The van der Waals surface area contributed by atoms with Crippen LogP contribution in [-0.4, -0.2) is 34.6 Å². The average molecular weight is 459 g/mol. The lowest BCUT2D eigenvalue weighted by Gasteiger charge is -2.19. The van der Waals surface area contributed by atoms with Crippen LogP contribution in [0.4, 0.5) is 10.1 Å². The number of rotatable bonds is 9. The van der Waals surface area contributed by atoms with Gasteiger partial charge in [-0.15, -0.1) is 0 Å². The fourth-order valence-corrected chi connectivity index (χ4v) is 4.27. The Morgan fingerprint density at radius 2 is 1.59 bits per heavy atom. The number of nitrogens with one attached hydrogen (secondary N) is 2. The van der Waals surface area contributed by atoms with Gasteiger partial charge in [-0.25, -0.2) is 12.8 Å². The molecule has 32 heavy (non-hydrogen) atoms. The first kappa shape index (κ1) is 23.2. The van der Waals surface area contributed by atoms with Crippen LogP contribution < -0.4 is 19.5 Å². The molecule has 0 spiro atoms. The predicted molar refractivity (Wildman–Crippen MR) is 119 cm³/mol. The first-order chi connectivity index (χ1) is 15.3. The molecule has 0 aliphatic carbocycles. The Balaban J connectivity index is 1.90. The van der Waals surface area contributed by atoms with Crippen LogP contribution in [0, 0.1) is 5.82 Å². The van der Waals surface area contributed by atoms with Crippen LogP contribution in [0.2, 0.25) is 0 Å². The highest BCUT2D eigenvalue weighted by Gasteiger charge is 2.27. The molecular formula is C23H23FN2O5S. The molecule has 0 aliphatic heterocycles. The van der Waals surface area contributed by atoms with Crippen LogP contribution in [0.15, 0.2) is 77.7 Å². The third-order valence-corrected chi connectivity index (χ3v) is 6.16. The second-order valence-electron chi connectivity index (χ2n) is 6.85. The predicted octanol–water partition coefficient (Wildman–Crippen LogP) is 3.37. The molecule has 0 aliphatic rings. The van der Waals surface area contributed by atoms with Gasteiger partial charge in [-0.1, -0.05) is 42.5 Å². The molecule has 0 unspecified atom stereocenters. The third kappa shape index (κ3) is 5.63. The van der Waals surface area contributed by atoms with Gasteiger partial charge in [-0.3, -0.25) is 4.79 Å². The van der Waals surface area contributed by atoms with Crippen molar-refractivity contribution in [3.63, 3.8) is 0 Å². The number of anilines is 1. The molecule has 3 aromatic carbocycles. The summed E-state index contributed by atoms with van der Waals surface area (Å²) in [6.45, 7) is 0. The van der Waals surface area contributed by atoms with Gasteiger partial charge in [0.25, 0.3) is 0 Å². The summed E-state index contributed by atoms with van der Waals surface area (Å²) in [7, 11) is -1.30. The minimum atomic E-state index is -4.12. The first-order valence-electron chi connectivity index (χ1n) is 9.67. The van der Waals surface area contributed by atoms with Gasteiger partial charge >= 0.3 is 0 Å². The molecule has 0 bridgehead atoms. The zero-order valence-electron chi connectivity index (χ0n) is 17.5. The Labute approximate surface area is 186 Å². The van der Waals surface area contributed by atoms with Gasteiger partial charge in [0.05, 0.1) is 24.8 Å². The van der Waals surface area contributed by atoms with E-state index in [4.69, 9.17) is 9.47 Å². The van der Waals surface area contributed by atoms with E-state index in [-0.39, 0.29) is 22.8 Å². The zero-order chi connectivity index (χ0) is 23.1. The Kier molecular flexibility index (Phi) is 7.45. The van der Waals surface area contributed by atoms with E-state index < -0.39 is 27.8 Å². The zero-order valence-corrected chi connectivity index (χ0v) is 18.4. The number of hydrogen-bond donors (Lipinski definition) is 2. The van der Waals surface area contributed by atoms with E-state index in [1.54, 1.807) is 30.3 Å². The van der Waals surface area contributed by atoms with Crippen LogP contribution in [-0.2, 0) is 21.2 Å². The lowest BCUT2D eigenvalue weighted by atomic mass is 10.1. The van der Waals surface area contributed by atoms with Crippen LogP contribution >= 0.6 is 0 Å². The number of halogens is 1. The number of carbonyl (C=O) groups excluding carboxylic acids is 1. The van der Waals surface area contributed by atoms with Crippen molar-refractivity contribution >= 4 is 21.6 Å². The maximum absolute atomic E-state index is 14.0. The van der Waals surface area contributed by atoms with Crippen LogP contribution in [0.3, 0.4) is 0 Å². The highest BCUT2D eigenvalue weighted by Crippen LogP contribution is 2.29. The number of benzene rings is 3. The summed E-state index contributed by atoms with van der Waals surface area (Å²) in [5.41, 5.74) is 0.692. The van der Waals surface area contributed by atoms with E-state index in [1.807, 2.05) is 6.07 Å². The summed E-state index contributed by atoms with van der Waals surface area (Å²) in [5.74, 6) is -0.722. The number of methoxy groups -OCH3 is 2. The van der Waals surface area contributed by atoms with Gasteiger partial charge < -0.3 is 14.8 Å². The van der Waals surface area contributed by atoms with Gasteiger partial charge in [0, 0.05) is 6.07 Å². The molecule has 0 saturated carbocycles. The SMILES string of the molecule is COc1ccc(S(=O)(=O)N[C@@H](Cc2ccccc2)C(=O)Nc2ccccc2F)cc1OC. The van der Waals surface area contributed by atoms with Crippen LogP contribution in [0.5, 0.6) is 11.5 Å². The number of amides is 1. The van der Waals surface area contributed by atoms with E-state index in [0.29, 0.717) is 5.75 Å². The molecule has 9 heteroatoms. The number of para-hydroxylation sites is 1. The number of sulfonamides is 1. The lowest BCUT2D eigenvalue weighted by molar-refractivity contribution is -0.117. The third-order valence-electron chi connectivity index (χ3n) is 4.69. The Bertz CT molecular complexity index is 1190. The summed E-state index contributed by atoms with van der Waals surface area (Å²) in [4.78, 5) is 12.8. The van der Waals surface area contributed by atoms with Crippen molar-refractivity contribution in [3.8, 4) is 11.5 Å². The largest absolute Gasteiger partial charge is 0.493 e.